The first-order chi connectivity index (χ1) is 15.4. The van der Waals surface area contributed by atoms with Gasteiger partial charge in [0.25, 0.3) is 5.91 Å². The molecule has 32 heavy (non-hydrogen) atoms. The molecule has 4 rings (SSSR count). The van der Waals surface area contributed by atoms with E-state index in [1.807, 2.05) is 43.3 Å². The summed E-state index contributed by atoms with van der Waals surface area (Å²) in [5, 5.41) is 8.85. The smallest absolute Gasteiger partial charge is 0.349 e. The van der Waals surface area contributed by atoms with Crippen LogP contribution in [-0.2, 0) is 16.0 Å². The minimum absolute atomic E-state index is 0.382. The van der Waals surface area contributed by atoms with Crippen molar-refractivity contribution >= 4 is 50.7 Å². The molecule has 0 saturated carbocycles. The van der Waals surface area contributed by atoms with E-state index >= 15 is 0 Å². The number of aryl methyl sites for hydroxylation is 2. The molecule has 0 aliphatic rings. The first kappa shape index (κ1) is 22.0. The molecule has 0 radical (unpaired) electrons. The summed E-state index contributed by atoms with van der Waals surface area (Å²) in [5.74, 6) is -0.926. The second-order valence-corrected chi connectivity index (χ2v) is 8.86. The van der Waals surface area contributed by atoms with E-state index < -0.39 is 12.1 Å². The number of carbonyl (C=O) groups is 2. The maximum absolute atomic E-state index is 12.7. The van der Waals surface area contributed by atoms with Crippen molar-refractivity contribution in [2.24, 2.45) is 0 Å². The highest BCUT2D eigenvalue weighted by atomic mass is 35.5. The van der Waals surface area contributed by atoms with E-state index in [-0.39, 0.29) is 5.91 Å². The zero-order chi connectivity index (χ0) is 22.8. The molecule has 0 aliphatic heterocycles. The highest BCUT2D eigenvalue weighted by Gasteiger charge is 2.23. The first-order valence-electron chi connectivity index (χ1n) is 10.2. The Morgan fingerprint density at radius 3 is 2.50 bits per heavy atom. The molecule has 1 unspecified atom stereocenters. The molecule has 0 aliphatic carbocycles. The minimum atomic E-state index is -0.938. The maximum Gasteiger partial charge on any atom is 0.349 e. The third-order valence-electron chi connectivity index (χ3n) is 5.10. The molecule has 2 aromatic carbocycles. The largest absolute Gasteiger partial charge is 0.448 e. The van der Waals surface area contributed by atoms with Crippen LogP contribution in [0.2, 0.25) is 5.02 Å². The summed E-state index contributed by atoms with van der Waals surface area (Å²) in [6, 6.07) is 16.6. The van der Waals surface area contributed by atoms with Crippen LogP contribution < -0.4 is 5.32 Å². The molecule has 164 valence electrons. The minimum Gasteiger partial charge on any atom is -0.448 e. The average molecular weight is 468 g/mol. The van der Waals surface area contributed by atoms with Crippen molar-refractivity contribution in [2.45, 2.75) is 33.3 Å². The Hall–Kier alpha value is -3.16. The molecule has 0 fully saturated rings. The van der Waals surface area contributed by atoms with Crippen LogP contribution >= 0.6 is 22.9 Å². The van der Waals surface area contributed by atoms with Crippen molar-refractivity contribution in [3.63, 3.8) is 0 Å². The normalized spacial score (nSPS) is 12.0. The third-order valence-corrected chi connectivity index (χ3v) is 6.44. The Balaban J connectivity index is 1.49. The van der Waals surface area contributed by atoms with Crippen molar-refractivity contribution in [1.29, 1.82) is 0 Å². The van der Waals surface area contributed by atoms with Gasteiger partial charge in [0.15, 0.2) is 6.10 Å². The van der Waals surface area contributed by atoms with Crippen LogP contribution in [0, 0.1) is 6.92 Å². The number of hydrogen-bond acceptors (Lipinski definition) is 5. The zero-order valence-corrected chi connectivity index (χ0v) is 19.5. The molecular weight excluding hydrogens is 446 g/mol. The van der Waals surface area contributed by atoms with Crippen LogP contribution in [0.25, 0.3) is 15.9 Å². The van der Waals surface area contributed by atoms with Gasteiger partial charge in [-0.2, -0.15) is 5.10 Å². The highest BCUT2D eigenvalue weighted by molar-refractivity contribution is 7.20. The lowest BCUT2D eigenvalue weighted by Crippen LogP contribution is -2.29. The van der Waals surface area contributed by atoms with Crippen LogP contribution in [0.3, 0.4) is 0 Å². The van der Waals surface area contributed by atoms with Crippen LogP contribution in [-0.4, -0.2) is 27.8 Å². The molecule has 0 saturated heterocycles. The van der Waals surface area contributed by atoms with Gasteiger partial charge in [-0.15, -0.1) is 11.3 Å². The molecule has 2 aromatic heterocycles. The quantitative estimate of drug-likeness (QED) is 0.364. The summed E-state index contributed by atoms with van der Waals surface area (Å²) in [6.45, 7) is 5.51. The lowest BCUT2D eigenvalue weighted by Gasteiger charge is -2.13. The van der Waals surface area contributed by atoms with Crippen molar-refractivity contribution in [2.75, 3.05) is 5.32 Å². The number of halogens is 1. The summed E-state index contributed by atoms with van der Waals surface area (Å²) in [5.41, 5.74) is 3.48. The SMILES string of the molecule is CCc1ccc(NC(=O)C(C)OC(=O)c2cc3c(C)nn(-c4ccc(Cl)cc4)c3s2)cc1. The summed E-state index contributed by atoms with van der Waals surface area (Å²) in [4.78, 5) is 26.4. The third kappa shape index (κ3) is 4.54. The molecule has 2 heterocycles. The van der Waals surface area contributed by atoms with E-state index in [0.29, 0.717) is 15.6 Å². The number of nitrogens with one attached hydrogen (secondary N) is 1. The topological polar surface area (TPSA) is 73.2 Å². The number of hydrogen-bond donors (Lipinski definition) is 1. The summed E-state index contributed by atoms with van der Waals surface area (Å²) >= 11 is 7.26. The van der Waals surface area contributed by atoms with Gasteiger partial charge >= 0.3 is 5.97 Å². The van der Waals surface area contributed by atoms with Crippen molar-refractivity contribution < 1.29 is 14.3 Å². The number of rotatable bonds is 6. The van der Waals surface area contributed by atoms with E-state index in [0.717, 1.165) is 28.0 Å². The summed E-state index contributed by atoms with van der Waals surface area (Å²) in [6.07, 6.45) is -0.0143. The van der Waals surface area contributed by atoms with E-state index in [9.17, 15) is 9.59 Å². The second kappa shape index (κ2) is 9.14. The number of fused-ring (bicyclic) bond motifs is 1. The average Bonchev–Trinajstić information content (AvgIpc) is 3.35. The fourth-order valence-electron chi connectivity index (χ4n) is 3.24. The number of amides is 1. The molecule has 0 bridgehead atoms. The number of thiophene rings is 1. The number of carbonyl (C=O) groups excluding carboxylic acids is 2. The summed E-state index contributed by atoms with van der Waals surface area (Å²) < 4.78 is 7.20. The monoisotopic (exact) mass is 467 g/mol. The van der Waals surface area contributed by atoms with Crippen LogP contribution in [0.4, 0.5) is 5.69 Å². The lowest BCUT2D eigenvalue weighted by molar-refractivity contribution is -0.123. The van der Waals surface area contributed by atoms with Crippen LogP contribution in [0.15, 0.2) is 54.6 Å². The van der Waals surface area contributed by atoms with Gasteiger partial charge in [-0.05, 0) is 68.3 Å². The molecule has 1 amide bonds. The molecule has 4 aromatic rings. The molecule has 0 spiro atoms. The van der Waals surface area contributed by atoms with E-state index in [2.05, 4.69) is 17.3 Å². The van der Waals surface area contributed by atoms with Gasteiger partial charge in [0.05, 0.1) is 11.4 Å². The highest BCUT2D eigenvalue weighted by Crippen LogP contribution is 2.31. The lowest BCUT2D eigenvalue weighted by atomic mass is 10.1. The fraction of sp³-hybridized carbons (Fsp3) is 0.208. The fourth-order valence-corrected chi connectivity index (χ4v) is 4.44. The van der Waals surface area contributed by atoms with Gasteiger partial charge in [-0.25, -0.2) is 9.48 Å². The Morgan fingerprint density at radius 1 is 1.16 bits per heavy atom. The Bertz CT molecular complexity index is 1280. The van der Waals surface area contributed by atoms with Gasteiger partial charge in [-0.1, -0.05) is 30.7 Å². The number of esters is 1. The van der Waals surface area contributed by atoms with Crippen LogP contribution in [0.5, 0.6) is 0 Å². The predicted molar refractivity (Wildman–Crippen MR) is 128 cm³/mol. The number of aromatic nitrogens is 2. The van der Waals surface area contributed by atoms with E-state index in [1.54, 1.807) is 29.8 Å². The van der Waals surface area contributed by atoms with Gasteiger partial charge in [0.2, 0.25) is 0 Å². The zero-order valence-electron chi connectivity index (χ0n) is 17.9. The molecule has 1 atom stereocenters. The number of anilines is 1. The first-order valence-corrected chi connectivity index (χ1v) is 11.4. The Morgan fingerprint density at radius 2 is 1.84 bits per heavy atom. The van der Waals surface area contributed by atoms with Gasteiger partial charge in [0, 0.05) is 16.1 Å². The van der Waals surface area contributed by atoms with Crippen molar-refractivity contribution in [3.8, 4) is 5.69 Å². The Kier molecular flexibility index (Phi) is 6.30. The van der Waals surface area contributed by atoms with Gasteiger partial charge < -0.3 is 10.1 Å². The van der Waals surface area contributed by atoms with Gasteiger partial charge in [0.1, 0.15) is 9.71 Å². The standard InChI is InChI=1S/C24H22ClN3O3S/c1-4-16-5-9-18(10-6-16)26-22(29)15(3)31-24(30)21-13-20-14(2)27-28(23(20)32-21)19-11-7-17(25)8-12-19/h5-13,15H,4H2,1-3H3,(H,26,29). The summed E-state index contributed by atoms with van der Waals surface area (Å²) in [7, 11) is 0. The Labute approximate surface area is 194 Å². The second-order valence-electron chi connectivity index (χ2n) is 7.39. The molecular formula is C24H22ClN3O3S. The molecule has 8 heteroatoms. The molecule has 1 N–H and O–H groups in total. The number of ether oxygens (including phenoxy) is 1. The van der Waals surface area contributed by atoms with E-state index in [1.165, 1.54) is 16.9 Å². The number of benzene rings is 2. The molecule has 6 nitrogen and oxygen atoms in total. The predicted octanol–water partition coefficient (Wildman–Crippen LogP) is 5.80. The van der Waals surface area contributed by atoms with E-state index in [4.69, 9.17) is 16.3 Å². The van der Waals surface area contributed by atoms with Crippen molar-refractivity contribution in [3.05, 3.63) is 75.8 Å². The maximum atomic E-state index is 12.7. The van der Waals surface area contributed by atoms with Crippen LogP contribution in [0.1, 0.15) is 34.8 Å². The number of nitrogens with zero attached hydrogens (tertiary/aromatic N) is 2. The van der Waals surface area contributed by atoms with Gasteiger partial charge in [-0.3, -0.25) is 4.79 Å². The van der Waals surface area contributed by atoms with Crippen molar-refractivity contribution in [1.82, 2.24) is 9.78 Å².